The van der Waals surface area contributed by atoms with E-state index in [1.165, 1.54) is 0 Å². The van der Waals surface area contributed by atoms with E-state index in [1.54, 1.807) is 6.07 Å². The van der Waals surface area contributed by atoms with Gasteiger partial charge in [-0.05, 0) is 5.56 Å². The molecule has 0 aromatic heterocycles. The zero-order valence-corrected chi connectivity index (χ0v) is 9.72. The maximum Gasteiger partial charge on any atom is 0.229 e. The molecule has 0 fully saturated rings. The lowest BCUT2D eigenvalue weighted by atomic mass is 10.1. The topological polar surface area (TPSA) is 52.9 Å². The molecular weight excluding hydrogens is 247 g/mol. The molecule has 0 unspecified atom stereocenters. The lowest BCUT2D eigenvalue weighted by molar-refractivity contribution is -0.119. The average Bonchev–Trinajstić information content (AvgIpc) is 2.27. The molecule has 1 aromatic rings. The van der Waals surface area contributed by atoms with E-state index in [1.807, 2.05) is 30.3 Å². The van der Waals surface area contributed by atoms with Gasteiger partial charge in [0.1, 0.15) is 10.6 Å². The SMILES string of the molecule is N#CC(NC(=O)Cc1ccccc1)=C(Cl)Cl. The van der Waals surface area contributed by atoms with Gasteiger partial charge in [0, 0.05) is 0 Å². The van der Waals surface area contributed by atoms with E-state index in [9.17, 15) is 4.79 Å². The molecule has 0 aliphatic heterocycles. The lowest BCUT2D eigenvalue weighted by Crippen LogP contribution is -2.24. The number of halogens is 2. The van der Waals surface area contributed by atoms with E-state index >= 15 is 0 Å². The number of nitriles is 1. The van der Waals surface area contributed by atoms with Crippen molar-refractivity contribution in [2.24, 2.45) is 0 Å². The second kappa shape index (κ2) is 6.16. The van der Waals surface area contributed by atoms with Crippen LogP contribution in [0, 0.1) is 11.3 Å². The molecule has 1 aromatic carbocycles. The zero-order valence-electron chi connectivity index (χ0n) is 8.21. The highest BCUT2D eigenvalue weighted by molar-refractivity contribution is 6.56. The van der Waals surface area contributed by atoms with Gasteiger partial charge in [-0.1, -0.05) is 53.5 Å². The maximum atomic E-state index is 11.5. The number of benzene rings is 1. The summed E-state index contributed by atoms with van der Waals surface area (Å²) in [4.78, 5) is 11.5. The van der Waals surface area contributed by atoms with Crippen LogP contribution in [0.5, 0.6) is 0 Å². The largest absolute Gasteiger partial charge is 0.315 e. The minimum atomic E-state index is -0.332. The molecule has 16 heavy (non-hydrogen) atoms. The summed E-state index contributed by atoms with van der Waals surface area (Å²) in [7, 11) is 0. The van der Waals surface area contributed by atoms with Crippen molar-refractivity contribution in [3.63, 3.8) is 0 Å². The van der Waals surface area contributed by atoms with Gasteiger partial charge in [0.2, 0.25) is 5.91 Å². The van der Waals surface area contributed by atoms with Crippen molar-refractivity contribution in [3.05, 3.63) is 46.1 Å². The van der Waals surface area contributed by atoms with Gasteiger partial charge < -0.3 is 5.32 Å². The van der Waals surface area contributed by atoms with Gasteiger partial charge in [0.25, 0.3) is 0 Å². The number of amides is 1. The van der Waals surface area contributed by atoms with Gasteiger partial charge in [-0.25, -0.2) is 0 Å². The van der Waals surface area contributed by atoms with Crippen molar-refractivity contribution < 1.29 is 4.79 Å². The van der Waals surface area contributed by atoms with E-state index in [2.05, 4.69) is 5.32 Å². The van der Waals surface area contributed by atoms with E-state index in [-0.39, 0.29) is 22.5 Å². The van der Waals surface area contributed by atoms with E-state index < -0.39 is 0 Å². The first-order valence-electron chi connectivity index (χ1n) is 4.42. The van der Waals surface area contributed by atoms with Gasteiger partial charge in [-0.2, -0.15) is 5.26 Å². The van der Waals surface area contributed by atoms with Crippen LogP contribution >= 0.6 is 23.2 Å². The van der Waals surface area contributed by atoms with Crippen LogP contribution in [-0.2, 0) is 11.2 Å². The Morgan fingerprint density at radius 3 is 2.44 bits per heavy atom. The first kappa shape index (κ1) is 12.6. The Hall–Kier alpha value is -1.50. The van der Waals surface area contributed by atoms with Crippen molar-refractivity contribution >= 4 is 29.1 Å². The fourth-order valence-electron chi connectivity index (χ4n) is 1.08. The predicted molar refractivity (Wildman–Crippen MR) is 62.6 cm³/mol. The summed E-state index contributed by atoms with van der Waals surface area (Å²) >= 11 is 10.8. The molecule has 0 bridgehead atoms. The number of carbonyl (C=O) groups is 1. The number of rotatable bonds is 3. The van der Waals surface area contributed by atoms with Crippen molar-refractivity contribution in [1.29, 1.82) is 5.26 Å². The van der Waals surface area contributed by atoms with Crippen LogP contribution in [0.4, 0.5) is 0 Å². The summed E-state index contributed by atoms with van der Waals surface area (Å²) in [6.07, 6.45) is 0.174. The molecule has 0 atom stereocenters. The summed E-state index contributed by atoms with van der Waals surface area (Å²) in [6.45, 7) is 0. The highest BCUT2D eigenvalue weighted by Gasteiger charge is 2.07. The Morgan fingerprint density at radius 1 is 1.31 bits per heavy atom. The van der Waals surface area contributed by atoms with Crippen LogP contribution in [-0.4, -0.2) is 5.91 Å². The van der Waals surface area contributed by atoms with Crippen molar-refractivity contribution in [2.45, 2.75) is 6.42 Å². The van der Waals surface area contributed by atoms with Crippen LogP contribution in [0.2, 0.25) is 0 Å². The molecular formula is C11H8Cl2N2O. The Labute approximate surface area is 103 Å². The summed E-state index contributed by atoms with van der Waals surface area (Å²) in [5.41, 5.74) is 0.715. The second-order valence-electron chi connectivity index (χ2n) is 2.96. The summed E-state index contributed by atoms with van der Waals surface area (Å²) in [6, 6.07) is 10.9. The third-order valence-electron chi connectivity index (χ3n) is 1.77. The van der Waals surface area contributed by atoms with E-state index in [4.69, 9.17) is 28.5 Å². The highest BCUT2D eigenvalue weighted by Crippen LogP contribution is 2.11. The molecule has 0 saturated heterocycles. The summed E-state index contributed by atoms with van der Waals surface area (Å²) in [5, 5.41) is 11.0. The van der Waals surface area contributed by atoms with Crippen molar-refractivity contribution in [2.75, 3.05) is 0 Å². The number of allylic oxidation sites excluding steroid dienone is 1. The van der Waals surface area contributed by atoms with E-state index in [0.29, 0.717) is 0 Å². The number of hydrogen-bond donors (Lipinski definition) is 1. The molecule has 0 saturated carbocycles. The van der Waals surface area contributed by atoms with Crippen LogP contribution < -0.4 is 5.32 Å². The van der Waals surface area contributed by atoms with Gasteiger partial charge in [-0.15, -0.1) is 0 Å². The van der Waals surface area contributed by atoms with Gasteiger partial charge in [0.15, 0.2) is 5.70 Å². The maximum absolute atomic E-state index is 11.5. The van der Waals surface area contributed by atoms with Crippen LogP contribution in [0.15, 0.2) is 40.5 Å². The minimum Gasteiger partial charge on any atom is -0.315 e. The normalized spacial score (nSPS) is 9.06. The Kier molecular flexibility index (Phi) is 4.84. The number of nitrogens with one attached hydrogen (secondary N) is 1. The molecule has 82 valence electrons. The average molecular weight is 255 g/mol. The third kappa shape index (κ3) is 3.93. The molecule has 1 rings (SSSR count). The Balaban J connectivity index is 2.63. The van der Waals surface area contributed by atoms with Gasteiger partial charge in [-0.3, -0.25) is 4.79 Å². The smallest absolute Gasteiger partial charge is 0.229 e. The molecule has 0 aliphatic rings. The standard InChI is InChI=1S/C11H8Cl2N2O/c12-11(13)9(7-14)15-10(16)6-8-4-2-1-3-5-8/h1-5H,6H2,(H,15,16). The fourth-order valence-corrected chi connectivity index (χ4v) is 1.26. The monoisotopic (exact) mass is 254 g/mol. The van der Waals surface area contributed by atoms with Crippen LogP contribution in [0.3, 0.4) is 0 Å². The minimum absolute atomic E-state index is 0.135. The predicted octanol–water partition coefficient (Wildman–Crippen LogP) is 2.52. The first-order chi connectivity index (χ1) is 7.63. The molecule has 0 spiro atoms. The quantitative estimate of drug-likeness (QED) is 0.843. The number of carbonyl (C=O) groups excluding carboxylic acids is 1. The lowest BCUT2D eigenvalue weighted by Gasteiger charge is -2.03. The Morgan fingerprint density at radius 2 is 1.94 bits per heavy atom. The van der Waals surface area contributed by atoms with Gasteiger partial charge in [0.05, 0.1) is 6.42 Å². The number of hydrogen-bond acceptors (Lipinski definition) is 2. The Bertz CT molecular complexity index is 445. The first-order valence-corrected chi connectivity index (χ1v) is 5.18. The molecule has 0 radical (unpaired) electrons. The molecule has 0 heterocycles. The highest BCUT2D eigenvalue weighted by atomic mass is 35.5. The third-order valence-corrected chi connectivity index (χ3v) is 2.15. The molecule has 0 aliphatic carbocycles. The van der Waals surface area contributed by atoms with Crippen LogP contribution in [0.1, 0.15) is 5.56 Å². The molecule has 1 N–H and O–H groups in total. The van der Waals surface area contributed by atoms with E-state index in [0.717, 1.165) is 5.56 Å². The molecule has 1 amide bonds. The number of nitrogens with zero attached hydrogens (tertiary/aromatic N) is 1. The second-order valence-corrected chi connectivity index (χ2v) is 3.91. The molecule has 3 nitrogen and oxygen atoms in total. The van der Waals surface area contributed by atoms with Crippen molar-refractivity contribution in [3.8, 4) is 6.07 Å². The molecule has 5 heteroatoms. The van der Waals surface area contributed by atoms with Crippen molar-refractivity contribution in [1.82, 2.24) is 5.32 Å². The summed E-state index contributed by atoms with van der Waals surface area (Å²) < 4.78 is -0.246. The summed E-state index contributed by atoms with van der Waals surface area (Å²) in [5.74, 6) is -0.332. The fraction of sp³-hybridized carbons (Fsp3) is 0.0909. The zero-order chi connectivity index (χ0) is 12.0. The van der Waals surface area contributed by atoms with Gasteiger partial charge >= 0.3 is 0 Å². The van der Waals surface area contributed by atoms with Crippen LogP contribution in [0.25, 0.3) is 0 Å².